The highest BCUT2D eigenvalue weighted by molar-refractivity contribution is 7.92. The van der Waals surface area contributed by atoms with Crippen molar-refractivity contribution in [3.63, 3.8) is 0 Å². The lowest BCUT2D eigenvalue weighted by molar-refractivity contribution is 0.589. The summed E-state index contributed by atoms with van der Waals surface area (Å²) in [6.45, 7) is 4.00. The number of hydrogen-bond acceptors (Lipinski definition) is 6. The second kappa shape index (κ2) is 8.53. The third kappa shape index (κ3) is 4.35. The second-order valence-electron chi connectivity index (χ2n) is 6.79. The minimum absolute atomic E-state index is 0.0158. The number of aromatic nitrogens is 2. The van der Waals surface area contributed by atoms with Crippen molar-refractivity contribution in [2.75, 3.05) is 5.32 Å². The molecule has 6 nitrogen and oxygen atoms in total. The summed E-state index contributed by atoms with van der Waals surface area (Å²) in [6, 6.07) is 13.3. The largest absolute Gasteiger partial charge is 0.366 e. The molecule has 3 rings (SSSR count). The molecular weight excluding hydrogens is 391 g/mol. The van der Waals surface area contributed by atoms with Crippen molar-refractivity contribution in [2.24, 2.45) is 0 Å². The zero-order valence-corrected chi connectivity index (χ0v) is 16.9. The van der Waals surface area contributed by atoms with Gasteiger partial charge in [-0.2, -0.15) is 5.26 Å². The van der Waals surface area contributed by atoms with E-state index in [9.17, 15) is 18.1 Å². The van der Waals surface area contributed by atoms with Crippen molar-refractivity contribution in [3.05, 3.63) is 60.0 Å². The van der Waals surface area contributed by atoms with Crippen LogP contribution in [0.1, 0.15) is 37.6 Å². The van der Waals surface area contributed by atoms with E-state index in [0.717, 1.165) is 37.1 Å². The summed E-state index contributed by atoms with van der Waals surface area (Å²) in [6.07, 6.45) is 1.77. The minimum atomic E-state index is -4.13. The molecular formula is C21H21FN4O2S. The first kappa shape index (κ1) is 20.7. The standard InChI is InChI=1S/C21H21FN4O2S/c1-3-6-14(2)24-21-20(25-17-7-4-5-8-18(17)26-21)19(13-23)29(27,28)16-11-9-15(22)10-12-16/h4-5,7-12,14,19H,3,6H2,1-2H3,(H,24,26)/t14-,19-/m1/s1. The minimum Gasteiger partial charge on any atom is -0.366 e. The van der Waals surface area contributed by atoms with Gasteiger partial charge in [0.25, 0.3) is 0 Å². The van der Waals surface area contributed by atoms with Crippen molar-refractivity contribution in [2.45, 2.75) is 42.9 Å². The molecule has 0 spiro atoms. The van der Waals surface area contributed by atoms with Gasteiger partial charge in [0.15, 0.2) is 11.1 Å². The Kier molecular flexibility index (Phi) is 6.09. The Labute approximate surface area is 169 Å². The number of hydrogen-bond donors (Lipinski definition) is 1. The number of nitrogens with zero attached hydrogens (tertiary/aromatic N) is 3. The lowest BCUT2D eigenvalue weighted by Crippen LogP contribution is -2.21. The number of nitriles is 1. The fourth-order valence-corrected chi connectivity index (χ4v) is 4.46. The molecule has 3 aromatic rings. The van der Waals surface area contributed by atoms with Gasteiger partial charge >= 0.3 is 0 Å². The summed E-state index contributed by atoms with van der Waals surface area (Å²) in [5, 5.41) is 11.4. The van der Waals surface area contributed by atoms with E-state index in [2.05, 4.69) is 15.3 Å². The highest BCUT2D eigenvalue weighted by Crippen LogP contribution is 2.32. The predicted octanol–water partition coefficient (Wildman–Crippen LogP) is 4.41. The van der Waals surface area contributed by atoms with Gasteiger partial charge in [0, 0.05) is 6.04 Å². The molecule has 0 bridgehead atoms. The fraction of sp³-hybridized carbons (Fsp3) is 0.286. The summed E-state index contributed by atoms with van der Waals surface area (Å²) in [4.78, 5) is 8.86. The maximum Gasteiger partial charge on any atom is 0.200 e. The molecule has 0 radical (unpaired) electrons. The van der Waals surface area contributed by atoms with Crippen molar-refractivity contribution >= 4 is 26.7 Å². The van der Waals surface area contributed by atoms with E-state index in [0.29, 0.717) is 11.0 Å². The average Bonchev–Trinajstić information content (AvgIpc) is 2.69. The Bertz CT molecular complexity index is 1160. The van der Waals surface area contributed by atoms with Crippen LogP contribution in [0.3, 0.4) is 0 Å². The van der Waals surface area contributed by atoms with Gasteiger partial charge in [0.1, 0.15) is 11.5 Å². The molecule has 0 aliphatic heterocycles. The zero-order valence-electron chi connectivity index (χ0n) is 16.1. The van der Waals surface area contributed by atoms with E-state index < -0.39 is 20.9 Å². The number of fused-ring (bicyclic) bond motifs is 1. The van der Waals surface area contributed by atoms with E-state index in [1.807, 2.05) is 26.0 Å². The molecule has 0 fully saturated rings. The molecule has 1 heterocycles. The lowest BCUT2D eigenvalue weighted by Gasteiger charge is -2.19. The second-order valence-corrected chi connectivity index (χ2v) is 8.82. The van der Waals surface area contributed by atoms with Crippen molar-refractivity contribution in [3.8, 4) is 6.07 Å². The number of halogens is 1. The Morgan fingerprint density at radius 2 is 1.72 bits per heavy atom. The first-order valence-electron chi connectivity index (χ1n) is 9.29. The maximum atomic E-state index is 13.2. The van der Waals surface area contributed by atoms with Crippen molar-refractivity contribution < 1.29 is 12.8 Å². The summed E-state index contributed by atoms with van der Waals surface area (Å²) in [5.74, 6) is -0.291. The number of para-hydroxylation sites is 2. The molecule has 150 valence electrons. The normalized spacial score (nSPS) is 13.6. The molecule has 8 heteroatoms. The maximum absolute atomic E-state index is 13.2. The number of nitrogens with one attached hydrogen (secondary N) is 1. The summed E-state index contributed by atoms with van der Waals surface area (Å²) < 4.78 is 39.5. The molecule has 2 aromatic carbocycles. The summed E-state index contributed by atoms with van der Waals surface area (Å²) >= 11 is 0. The van der Waals surface area contributed by atoms with Crippen LogP contribution < -0.4 is 5.32 Å². The van der Waals surface area contributed by atoms with E-state index in [1.165, 1.54) is 0 Å². The van der Waals surface area contributed by atoms with E-state index >= 15 is 0 Å². The SMILES string of the molecule is CCC[C@@H](C)Nc1nc2ccccc2nc1[C@@H](C#N)S(=O)(=O)c1ccc(F)cc1. The van der Waals surface area contributed by atoms with Crippen LogP contribution in [0.2, 0.25) is 0 Å². The van der Waals surface area contributed by atoms with Gasteiger partial charge in [-0.25, -0.2) is 22.8 Å². The number of benzene rings is 2. The number of sulfone groups is 1. The highest BCUT2D eigenvalue weighted by atomic mass is 32.2. The molecule has 0 unspecified atom stereocenters. The molecule has 0 amide bonds. The first-order valence-corrected chi connectivity index (χ1v) is 10.8. The monoisotopic (exact) mass is 412 g/mol. The number of anilines is 1. The lowest BCUT2D eigenvalue weighted by atomic mass is 10.2. The van der Waals surface area contributed by atoms with Crippen LogP contribution in [-0.2, 0) is 9.84 Å². The first-order chi connectivity index (χ1) is 13.9. The highest BCUT2D eigenvalue weighted by Gasteiger charge is 2.33. The van der Waals surface area contributed by atoms with Gasteiger partial charge in [-0.3, -0.25) is 0 Å². The molecule has 0 aliphatic rings. The quantitative estimate of drug-likeness (QED) is 0.578. The topological polar surface area (TPSA) is 95.7 Å². The van der Waals surface area contributed by atoms with Gasteiger partial charge < -0.3 is 5.32 Å². The fourth-order valence-electron chi connectivity index (χ4n) is 3.08. The van der Waals surface area contributed by atoms with E-state index in [-0.39, 0.29) is 22.4 Å². The summed E-state index contributed by atoms with van der Waals surface area (Å²) in [5.41, 5.74) is 1.13. The summed E-state index contributed by atoms with van der Waals surface area (Å²) in [7, 11) is -4.13. The molecule has 1 aromatic heterocycles. The zero-order chi connectivity index (χ0) is 21.0. The molecule has 1 N–H and O–H groups in total. The van der Waals surface area contributed by atoms with Crippen molar-refractivity contribution in [1.82, 2.24) is 9.97 Å². The molecule has 29 heavy (non-hydrogen) atoms. The predicted molar refractivity (Wildman–Crippen MR) is 109 cm³/mol. The molecule has 0 saturated carbocycles. The van der Waals surface area contributed by atoms with Crippen LogP contribution in [0.25, 0.3) is 11.0 Å². The smallest absolute Gasteiger partial charge is 0.200 e. The van der Waals surface area contributed by atoms with Crippen LogP contribution in [-0.4, -0.2) is 24.4 Å². The Morgan fingerprint density at radius 1 is 1.10 bits per heavy atom. The van der Waals surface area contributed by atoms with Gasteiger partial charge in [-0.15, -0.1) is 0 Å². The van der Waals surface area contributed by atoms with Crippen LogP contribution in [0.4, 0.5) is 10.2 Å². The average molecular weight is 412 g/mol. The van der Waals surface area contributed by atoms with Gasteiger partial charge in [-0.05, 0) is 49.7 Å². The van der Waals surface area contributed by atoms with Gasteiger partial charge in [0.05, 0.1) is 22.0 Å². The third-order valence-corrected chi connectivity index (χ3v) is 6.40. The van der Waals surface area contributed by atoms with Gasteiger partial charge in [0.2, 0.25) is 9.84 Å². The molecule has 2 atom stereocenters. The molecule has 0 aliphatic carbocycles. The van der Waals surface area contributed by atoms with Crippen LogP contribution in [0, 0.1) is 17.1 Å². The van der Waals surface area contributed by atoms with Gasteiger partial charge in [-0.1, -0.05) is 25.5 Å². The van der Waals surface area contributed by atoms with E-state index in [1.54, 1.807) is 18.2 Å². The third-order valence-electron chi connectivity index (χ3n) is 4.52. The van der Waals surface area contributed by atoms with Crippen LogP contribution in [0.15, 0.2) is 53.4 Å². The van der Waals surface area contributed by atoms with Crippen LogP contribution >= 0.6 is 0 Å². The Hall–Kier alpha value is -3.05. The molecule has 0 saturated heterocycles. The van der Waals surface area contributed by atoms with Crippen LogP contribution in [0.5, 0.6) is 0 Å². The van der Waals surface area contributed by atoms with Crippen molar-refractivity contribution in [1.29, 1.82) is 5.26 Å². The Balaban J connectivity index is 2.16. The Morgan fingerprint density at radius 3 is 2.31 bits per heavy atom. The number of rotatable bonds is 7. The van der Waals surface area contributed by atoms with E-state index in [4.69, 9.17) is 0 Å².